The van der Waals surface area contributed by atoms with Gasteiger partial charge in [-0.25, -0.2) is 4.79 Å². The van der Waals surface area contributed by atoms with Crippen molar-refractivity contribution in [1.82, 2.24) is 30.2 Å². The highest BCUT2D eigenvalue weighted by atomic mass is 79.9. The highest BCUT2D eigenvalue weighted by Gasteiger charge is 2.36. The number of nitrogens with zero attached hydrogens (tertiary/aromatic N) is 4. The van der Waals surface area contributed by atoms with Gasteiger partial charge in [0.2, 0.25) is 5.91 Å². The monoisotopic (exact) mass is 570 g/mol. The molecule has 3 rings (SSSR count). The largest absolute Gasteiger partial charge is 0.445 e. The number of carbonyl (C=O) groups excluding carboxylic acids is 2. The summed E-state index contributed by atoms with van der Waals surface area (Å²) in [5.41, 5.74) is -0.584. The summed E-state index contributed by atoms with van der Waals surface area (Å²) >= 11 is 3.08. The number of rotatable bonds is 9. The normalized spacial score (nSPS) is 12.8. The second-order valence-electron chi connectivity index (χ2n) is 8.87. The lowest BCUT2D eigenvalue weighted by Crippen LogP contribution is -2.55. The fourth-order valence-corrected chi connectivity index (χ4v) is 3.83. The highest BCUT2D eigenvalue weighted by molar-refractivity contribution is 9.10. The predicted molar refractivity (Wildman–Crippen MR) is 128 cm³/mol. The number of nitrogens with one attached hydrogen (secondary N) is 2. The van der Waals surface area contributed by atoms with Gasteiger partial charge in [0.1, 0.15) is 17.3 Å². The molecule has 3 aromatic rings. The third-order valence-electron chi connectivity index (χ3n) is 5.05. The van der Waals surface area contributed by atoms with Crippen LogP contribution in [-0.2, 0) is 42.3 Å². The molecule has 1 atom stereocenters. The van der Waals surface area contributed by atoms with Gasteiger partial charge in [0, 0.05) is 25.7 Å². The van der Waals surface area contributed by atoms with E-state index in [2.05, 4.69) is 36.8 Å². The zero-order valence-electron chi connectivity index (χ0n) is 19.8. The number of aryl methyl sites for hydroxylation is 1. The molecular formula is C23H26BrF3N6O3. The van der Waals surface area contributed by atoms with E-state index < -0.39 is 35.5 Å². The van der Waals surface area contributed by atoms with Gasteiger partial charge in [0.25, 0.3) is 0 Å². The lowest BCUT2D eigenvalue weighted by Gasteiger charge is -2.29. The molecule has 0 bridgehead atoms. The Balaban J connectivity index is 1.69. The van der Waals surface area contributed by atoms with Gasteiger partial charge in [0.15, 0.2) is 5.69 Å². The van der Waals surface area contributed by atoms with Gasteiger partial charge < -0.3 is 15.4 Å². The summed E-state index contributed by atoms with van der Waals surface area (Å²) in [5, 5.41) is 13.0. The number of hydrogen-bond acceptors (Lipinski definition) is 5. The molecule has 0 aliphatic heterocycles. The van der Waals surface area contributed by atoms with Crippen LogP contribution in [0.4, 0.5) is 18.0 Å². The first-order valence-electron chi connectivity index (χ1n) is 10.9. The minimum Gasteiger partial charge on any atom is -0.445 e. The third-order valence-corrected chi connectivity index (χ3v) is 5.69. The first-order valence-corrected chi connectivity index (χ1v) is 11.7. The maximum absolute atomic E-state index is 13.2. The molecule has 2 aromatic heterocycles. The molecule has 0 fully saturated rings. The molecule has 0 radical (unpaired) electrons. The summed E-state index contributed by atoms with van der Waals surface area (Å²) in [4.78, 5) is 25.7. The van der Waals surface area contributed by atoms with Gasteiger partial charge in [-0.2, -0.15) is 23.4 Å². The minimum atomic E-state index is -4.60. The van der Waals surface area contributed by atoms with E-state index in [9.17, 15) is 22.8 Å². The number of amides is 2. The molecule has 0 aliphatic rings. The summed E-state index contributed by atoms with van der Waals surface area (Å²) in [6, 6.07) is 8.91. The van der Waals surface area contributed by atoms with Gasteiger partial charge in [-0.05, 0) is 40.9 Å². The predicted octanol–water partition coefficient (Wildman–Crippen LogP) is 3.83. The maximum atomic E-state index is 13.2. The van der Waals surface area contributed by atoms with E-state index in [4.69, 9.17) is 4.74 Å². The summed E-state index contributed by atoms with van der Waals surface area (Å²) in [5.74, 6) is -0.542. The Labute approximate surface area is 214 Å². The van der Waals surface area contributed by atoms with Crippen molar-refractivity contribution < 1.29 is 27.5 Å². The molecule has 13 heteroatoms. The minimum absolute atomic E-state index is 0.0221. The average Bonchev–Trinajstić information content (AvgIpc) is 3.36. The van der Waals surface area contributed by atoms with Crippen molar-refractivity contribution in [3.8, 4) is 0 Å². The highest BCUT2D eigenvalue weighted by Crippen LogP contribution is 2.30. The van der Waals surface area contributed by atoms with Crippen LogP contribution in [0.3, 0.4) is 0 Å². The smallest absolute Gasteiger partial charge is 0.435 e. The van der Waals surface area contributed by atoms with Crippen molar-refractivity contribution in [3.63, 3.8) is 0 Å². The Morgan fingerprint density at radius 3 is 2.44 bits per heavy atom. The van der Waals surface area contributed by atoms with Crippen molar-refractivity contribution in [2.75, 3.05) is 0 Å². The Kier molecular flexibility index (Phi) is 8.43. The topological polar surface area (TPSA) is 103 Å². The molecule has 9 nitrogen and oxygen atoms in total. The van der Waals surface area contributed by atoms with Crippen LogP contribution in [0.2, 0.25) is 0 Å². The first kappa shape index (κ1) is 27.2. The zero-order valence-corrected chi connectivity index (χ0v) is 21.4. The van der Waals surface area contributed by atoms with Crippen LogP contribution in [0.25, 0.3) is 0 Å². The zero-order chi connectivity index (χ0) is 26.5. The van der Waals surface area contributed by atoms with E-state index in [1.807, 2.05) is 18.2 Å². The fraction of sp³-hybridized carbons (Fsp3) is 0.391. The lowest BCUT2D eigenvalue weighted by atomic mass is 10.0. The second-order valence-corrected chi connectivity index (χ2v) is 9.68. The number of halogens is 4. The van der Waals surface area contributed by atoms with Gasteiger partial charge in [-0.1, -0.05) is 30.3 Å². The van der Waals surface area contributed by atoms with Crippen LogP contribution in [0.15, 0.2) is 53.4 Å². The molecule has 0 spiro atoms. The first-order chi connectivity index (χ1) is 16.8. The Bertz CT molecular complexity index is 1190. The van der Waals surface area contributed by atoms with Gasteiger partial charge >= 0.3 is 12.3 Å². The van der Waals surface area contributed by atoms with Crippen LogP contribution >= 0.6 is 15.9 Å². The van der Waals surface area contributed by atoms with Crippen LogP contribution in [0.5, 0.6) is 0 Å². The molecule has 0 unspecified atom stereocenters. The Morgan fingerprint density at radius 2 is 1.86 bits per heavy atom. The average molecular weight is 571 g/mol. The molecular weight excluding hydrogens is 545 g/mol. The van der Waals surface area contributed by atoms with Crippen molar-refractivity contribution >= 4 is 27.9 Å². The van der Waals surface area contributed by atoms with Crippen molar-refractivity contribution in [2.45, 2.75) is 51.2 Å². The fourth-order valence-electron chi connectivity index (χ4n) is 3.41. The van der Waals surface area contributed by atoms with E-state index >= 15 is 0 Å². The molecule has 0 aliphatic carbocycles. The quantitative estimate of drug-likeness (QED) is 0.407. The third kappa shape index (κ3) is 7.83. The van der Waals surface area contributed by atoms with Crippen molar-refractivity contribution in [2.24, 2.45) is 7.05 Å². The molecule has 1 aromatic carbocycles. The summed E-state index contributed by atoms with van der Waals surface area (Å²) in [7, 11) is 1.72. The molecule has 36 heavy (non-hydrogen) atoms. The lowest BCUT2D eigenvalue weighted by molar-refractivity contribution is -0.141. The van der Waals surface area contributed by atoms with Gasteiger partial charge in [0.05, 0.1) is 18.3 Å². The molecule has 194 valence electrons. The van der Waals surface area contributed by atoms with E-state index in [1.165, 1.54) is 0 Å². The number of alkyl carbamates (subject to hydrolysis) is 1. The molecule has 0 saturated heterocycles. The molecule has 2 heterocycles. The van der Waals surface area contributed by atoms with Gasteiger partial charge in [-0.3, -0.25) is 14.2 Å². The van der Waals surface area contributed by atoms with E-state index in [0.29, 0.717) is 5.56 Å². The number of carbonyl (C=O) groups is 2. The number of alkyl halides is 3. The van der Waals surface area contributed by atoms with Crippen LogP contribution in [-0.4, -0.2) is 43.1 Å². The SMILES string of the molecule is Cn1cc(C[C@@H](NC(=O)OCc2ccccc2)C(=O)NC(C)(C)Cn2nc(C(F)(F)F)cc2Br)cn1. The summed E-state index contributed by atoms with van der Waals surface area (Å²) < 4.78 is 47.1. The molecule has 2 N–H and O–H groups in total. The Morgan fingerprint density at radius 1 is 1.17 bits per heavy atom. The molecule has 2 amide bonds. The molecule has 0 saturated carbocycles. The van der Waals surface area contributed by atoms with Crippen molar-refractivity contribution in [1.29, 1.82) is 0 Å². The number of benzene rings is 1. The van der Waals surface area contributed by atoms with E-state index in [0.717, 1.165) is 16.3 Å². The standard InChI is InChI=1S/C23H26BrF3N6O3/c1-22(2,14-33-19(24)10-18(31-33)23(25,26)27)30-20(34)17(9-16-11-28-32(3)12-16)29-21(35)36-13-15-7-5-4-6-8-15/h4-8,10-12,17H,9,13-14H2,1-3H3,(H,29,35)(H,30,34)/t17-/m1/s1. The van der Waals surface area contributed by atoms with Crippen LogP contribution in [0, 0.1) is 0 Å². The van der Waals surface area contributed by atoms with E-state index in [-0.39, 0.29) is 24.2 Å². The Hall–Kier alpha value is -3.35. The summed E-state index contributed by atoms with van der Waals surface area (Å²) in [6.07, 6.45) is -1.98. The number of hydrogen-bond donors (Lipinski definition) is 2. The van der Waals surface area contributed by atoms with Crippen molar-refractivity contribution in [3.05, 3.63) is 70.2 Å². The number of aromatic nitrogens is 4. The van der Waals surface area contributed by atoms with Crippen LogP contribution < -0.4 is 10.6 Å². The maximum Gasteiger partial charge on any atom is 0.435 e. The van der Waals surface area contributed by atoms with Gasteiger partial charge in [-0.15, -0.1) is 0 Å². The number of ether oxygens (including phenoxy) is 1. The second kappa shape index (κ2) is 11.1. The van der Waals surface area contributed by atoms with E-state index in [1.54, 1.807) is 50.1 Å². The summed E-state index contributed by atoms with van der Waals surface area (Å²) in [6.45, 7) is 3.24. The van der Waals surface area contributed by atoms with Crippen LogP contribution in [0.1, 0.15) is 30.7 Å².